The first-order chi connectivity index (χ1) is 13.0. The smallest absolute Gasteiger partial charge is 0.317 e. The van der Waals surface area contributed by atoms with Crippen LogP contribution in [0.5, 0.6) is 5.75 Å². The molecule has 1 heterocycles. The van der Waals surface area contributed by atoms with Crippen molar-refractivity contribution in [3.05, 3.63) is 24.0 Å². The third-order valence-corrected chi connectivity index (χ3v) is 5.47. The number of piperazine rings is 1. The quantitative estimate of drug-likeness (QED) is 0.839. The summed E-state index contributed by atoms with van der Waals surface area (Å²) < 4.78 is 18.6. The van der Waals surface area contributed by atoms with Crippen molar-refractivity contribution in [3.63, 3.8) is 0 Å². The number of carbonyl (C=O) groups excluding carboxylic acids is 1. The summed E-state index contributed by atoms with van der Waals surface area (Å²) in [5.41, 5.74) is 0.875. The molecule has 3 rings (SSSR count). The Hall–Kier alpha value is -2.51. The molecule has 1 aromatic rings. The molecule has 2 N–H and O–H groups in total. The molecule has 7 nitrogen and oxygen atoms in total. The molecule has 0 radical (unpaired) electrons. The predicted molar refractivity (Wildman–Crippen MR) is 98.7 cm³/mol. The fourth-order valence-electron chi connectivity index (χ4n) is 3.76. The van der Waals surface area contributed by atoms with Crippen molar-refractivity contribution in [2.45, 2.75) is 31.7 Å². The van der Waals surface area contributed by atoms with E-state index in [9.17, 15) is 14.0 Å². The maximum Gasteiger partial charge on any atom is 0.317 e. The van der Waals surface area contributed by atoms with Gasteiger partial charge in [-0.1, -0.05) is 0 Å². The van der Waals surface area contributed by atoms with Crippen LogP contribution in [0.1, 0.15) is 25.7 Å². The number of carboxylic acid groups (broad SMARTS) is 1. The zero-order valence-corrected chi connectivity index (χ0v) is 15.5. The van der Waals surface area contributed by atoms with Crippen LogP contribution in [0.4, 0.5) is 14.9 Å². The lowest BCUT2D eigenvalue weighted by Crippen LogP contribution is -2.54. The lowest BCUT2D eigenvalue weighted by molar-refractivity contribution is -0.142. The molecule has 1 aliphatic heterocycles. The summed E-state index contributed by atoms with van der Waals surface area (Å²) in [5.74, 6) is -1.20. The van der Waals surface area contributed by atoms with Gasteiger partial charge < -0.3 is 25.0 Å². The molecule has 148 valence electrons. The third kappa shape index (κ3) is 4.61. The number of rotatable bonds is 4. The van der Waals surface area contributed by atoms with Crippen LogP contribution in [-0.4, -0.2) is 61.3 Å². The monoisotopic (exact) mass is 379 g/mol. The minimum atomic E-state index is -0.742. The summed E-state index contributed by atoms with van der Waals surface area (Å²) in [6.45, 7) is 2.48. The number of hydrogen-bond donors (Lipinski definition) is 2. The van der Waals surface area contributed by atoms with Crippen LogP contribution in [0, 0.1) is 11.7 Å². The van der Waals surface area contributed by atoms with Gasteiger partial charge in [0.05, 0.1) is 13.0 Å². The van der Waals surface area contributed by atoms with Crippen LogP contribution >= 0.6 is 0 Å². The maximum atomic E-state index is 13.6. The number of benzene rings is 1. The number of hydrogen-bond acceptors (Lipinski definition) is 4. The number of ether oxygens (including phenoxy) is 1. The van der Waals surface area contributed by atoms with E-state index in [0.717, 1.165) is 5.69 Å². The molecule has 0 aromatic heterocycles. The molecule has 1 aromatic carbocycles. The highest BCUT2D eigenvalue weighted by Gasteiger charge is 2.29. The Bertz CT molecular complexity index is 684. The number of methoxy groups -OCH3 is 1. The average Bonchev–Trinajstić information content (AvgIpc) is 2.69. The molecule has 0 atom stereocenters. The van der Waals surface area contributed by atoms with Gasteiger partial charge in [0.2, 0.25) is 0 Å². The summed E-state index contributed by atoms with van der Waals surface area (Å²) in [6, 6.07) is 4.74. The minimum absolute atomic E-state index is 0.0486. The first-order valence-electron chi connectivity index (χ1n) is 9.34. The minimum Gasteiger partial charge on any atom is -0.494 e. The summed E-state index contributed by atoms with van der Waals surface area (Å²) >= 11 is 0. The summed E-state index contributed by atoms with van der Waals surface area (Å²) in [6.07, 6.45) is 2.64. The Balaban J connectivity index is 1.47. The van der Waals surface area contributed by atoms with Crippen molar-refractivity contribution in [1.82, 2.24) is 10.2 Å². The Morgan fingerprint density at radius 2 is 1.81 bits per heavy atom. The molecule has 8 heteroatoms. The predicted octanol–water partition coefficient (Wildman–Crippen LogP) is 2.31. The second-order valence-corrected chi connectivity index (χ2v) is 7.13. The Labute approximate surface area is 158 Å². The highest BCUT2D eigenvalue weighted by molar-refractivity contribution is 5.75. The van der Waals surface area contributed by atoms with Gasteiger partial charge in [0, 0.05) is 44.0 Å². The van der Waals surface area contributed by atoms with Gasteiger partial charge in [-0.05, 0) is 37.8 Å². The normalized spacial score (nSPS) is 23.0. The zero-order chi connectivity index (χ0) is 19.4. The highest BCUT2D eigenvalue weighted by Crippen LogP contribution is 2.26. The van der Waals surface area contributed by atoms with Crippen molar-refractivity contribution in [3.8, 4) is 5.75 Å². The molecule has 1 saturated heterocycles. The van der Waals surface area contributed by atoms with E-state index < -0.39 is 11.8 Å². The molecule has 1 saturated carbocycles. The number of nitrogens with zero attached hydrogens (tertiary/aromatic N) is 2. The fraction of sp³-hybridized carbons (Fsp3) is 0.579. The number of urea groups is 1. The van der Waals surface area contributed by atoms with E-state index in [1.165, 1.54) is 13.2 Å². The lowest BCUT2D eigenvalue weighted by atomic mass is 9.86. The fourth-order valence-corrected chi connectivity index (χ4v) is 3.76. The third-order valence-electron chi connectivity index (χ3n) is 5.47. The SMILES string of the molecule is COc1cc(N2CCN(C(=O)NC3CCC(C(=O)O)CC3)CC2)ccc1F. The topological polar surface area (TPSA) is 82.1 Å². The van der Waals surface area contributed by atoms with Crippen molar-refractivity contribution < 1.29 is 23.8 Å². The van der Waals surface area contributed by atoms with E-state index in [1.54, 1.807) is 17.0 Å². The van der Waals surface area contributed by atoms with Crippen molar-refractivity contribution in [1.29, 1.82) is 0 Å². The molecule has 27 heavy (non-hydrogen) atoms. The second kappa shape index (κ2) is 8.45. The van der Waals surface area contributed by atoms with E-state index in [4.69, 9.17) is 9.84 Å². The molecule has 2 amide bonds. The number of anilines is 1. The van der Waals surface area contributed by atoms with Gasteiger partial charge in [-0.2, -0.15) is 0 Å². The summed E-state index contributed by atoms with van der Waals surface area (Å²) in [5, 5.41) is 12.1. The van der Waals surface area contributed by atoms with Gasteiger partial charge >= 0.3 is 12.0 Å². The molecule has 2 aliphatic rings. The first-order valence-corrected chi connectivity index (χ1v) is 9.34. The molecule has 1 aliphatic carbocycles. The average molecular weight is 379 g/mol. The van der Waals surface area contributed by atoms with E-state index in [-0.39, 0.29) is 23.7 Å². The lowest BCUT2D eigenvalue weighted by Gasteiger charge is -2.37. The molecule has 0 bridgehead atoms. The van der Waals surface area contributed by atoms with Crippen molar-refractivity contribution in [2.75, 3.05) is 38.2 Å². The number of amides is 2. The molecule has 0 spiro atoms. The van der Waals surface area contributed by atoms with Crippen LogP contribution in [0.2, 0.25) is 0 Å². The number of carbonyl (C=O) groups is 2. The summed E-state index contributed by atoms with van der Waals surface area (Å²) in [7, 11) is 1.44. The number of carboxylic acids is 1. The molecule has 2 fully saturated rings. The molecular formula is C19H26FN3O4. The van der Waals surface area contributed by atoms with Gasteiger partial charge in [-0.25, -0.2) is 9.18 Å². The maximum absolute atomic E-state index is 13.6. The first kappa shape index (κ1) is 19.3. The van der Waals surface area contributed by atoms with E-state index in [0.29, 0.717) is 51.9 Å². The van der Waals surface area contributed by atoms with Crippen LogP contribution in [0.3, 0.4) is 0 Å². The van der Waals surface area contributed by atoms with Crippen LogP contribution in [0.15, 0.2) is 18.2 Å². The largest absolute Gasteiger partial charge is 0.494 e. The van der Waals surface area contributed by atoms with Gasteiger partial charge in [-0.15, -0.1) is 0 Å². The van der Waals surface area contributed by atoms with E-state index >= 15 is 0 Å². The van der Waals surface area contributed by atoms with E-state index in [1.807, 2.05) is 0 Å². The van der Waals surface area contributed by atoms with Gasteiger partial charge in [0.25, 0.3) is 0 Å². The van der Waals surface area contributed by atoms with Gasteiger partial charge in [-0.3, -0.25) is 4.79 Å². The molecular weight excluding hydrogens is 353 g/mol. The van der Waals surface area contributed by atoms with Crippen molar-refractivity contribution in [2.24, 2.45) is 5.92 Å². The standard InChI is InChI=1S/C19H26FN3O4/c1-27-17-12-15(6-7-16(17)20)22-8-10-23(11-9-22)19(26)21-14-4-2-13(3-5-14)18(24)25/h6-7,12-14H,2-5,8-11H2,1H3,(H,21,26)(H,24,25). The highest BCUT2D eigenvalue weighted by atomic mass is 19.1. The van der Waals surface area contributed by atoms with Crippen LogP contribution in [-0.2, 0) is 4.79 Å². The number of nitrogens with one attached hydrogen (secondary N) is 1. The van der Waals surface area contributed by atoms with Gasteiger partial charge in [0.1, 0.15) is 0 Å². The Kier molecular flexibility index (Phi) is 6.03. The van der Waals surface area contributed by atoms with E-state index in [2.05, 4.69) is 10.2 Å². The van der Waals surface area contributed by atoms with Gasteiger partial charge in [0.15, 0.2) is 11.6 Å². The van der Waals surface area contributed by atoms with Crippen LogP contribution < -0.4 is 15.0 Å². The van der Waals surface area contributed by atoms with Crippen molar-refractivity contribution >= 4 is 17.7 Å². The zero-order valence-electron chi connectivity index (χ0n) is 15.5. The Morgan fingerprint density at radius 3 is 2.41 bits per heavy atom. The second-order valence-electron chi connectivity index (χ2n) is 7.13. The van der Waals surface area contributed by atoms with Crippen LogP contribution in [0.25, 0.3) is 0 Å². The number of halogens is 1. The Morgan fingerprint density at radius 1 is 1.15 bits per heavy atom. The molecule has 0 unspecified atom stereocenters. The summed E-state index contributed by atoms with van der Waals surface area (Å²) in [4.78, 5) is 27.4. The number of aliphatic carboxylic acids is 1.